The fourth-order valence-corrected chi connectivity index (χ4v) is 5.03. The molecule has 0 radical (unpaired) electrons. The van der Waals surface area contributed by atoms with E-state index < -0.39 is 6.10 Å². The summed E-state index contributed by atoms with van der Waals surface area (Å²) in [6.45, 7) is 5.75. The lowest BCUT2D eigenvalue weighted by Crippen LogP contribution is -2.39. The molecule has 1 saturated carbocycles. The number of thiophene rings is 1. The summed E-state index contributed by atoms with van der Waals surface area (Å²) >= 11 is 1.70. The second kappa shape index (κ2) is 7.54. The van der Waals surface area contributed by atoms with Crippen molar-refractivity contribution >= 4 is 39.1 Å². The van der Waals surface area contributed by atoms with Crippen molar-refractivity contribution in [2.45, 2.75) is 58.5 Å². The number of rotatable bonds is 3. The van der Waals surface area contributed by atoms with E-state index in [2.05, 4.69) is 28.7 Å². The Bertz CT molecular complexity index is 871. The van der Waals surface area contributed by atoms with Gasteiger partial charge in [0.2, 0.25) is 0 Å². The maximum Gasteiger partial charge on any atom is 0.309 e. The van der Waals surface area contributed by atoms with Crippen LogP contribution in [-0.2, 0) is 14.3 Å². The first kappa shape index (κ1) is 18.3. The number of ether oxygens (including phenoxy) is 1. The molecule has 1 aliphatic carbocycles. The number of piperidine rings is 1. The highest BCUT2D eigenvalue weighted by Crippen LogP contribution is 2.35. The second-order valence-corrected chi connectivity index (χ2v) is 8.76. The van der Waals surface area contributed by atoms with Crippen LogP contribution >= 0.6 is 11.3 Å². The van der Waals surface area contributed by atoms with E-state index in [1.165, 1.54) is 10.4 Å². The van der Waals surface area contributed by atoms with Crippen molar-refractivity contribution < 1.29 is 14.3 Å². The van der Waals surface area contributed by atoms with Crippen LogP contribution in [0.15, 0.2) is 6.33 Å². The number of aromatic nitrogens is 2. The largest absolute Gasteiger partial charge is 0.454 e. The van der Waals surface area contributed by atoms with Gasteiger partial charge in [0, 0.05) is 24.4 Å². The zero-order chi connectivity index (χ0) is 19.0. The number of Topliss-reactive ketones (excluding diaryl/α,β-unsaturated/α-hetero) is 1. The first-order valence-electron chi connectivity index (χ1n) is 9.73. The molecule has 0 unspecified atom stereocenters. The SMILES string of the molecule is Cc1sc2ncnc(N3CCC(C(=O)O[C@H]4CCCCC4=O)CC3)c2c1C. The molecule has 0 spiro atoms. The third kappa shape index (κ3) is 3.57. The van der Waals surface area contributed by atoms with Gasteiger partial charge in [-0.15, -0.1) is 11.3 Å². The minimum absolute atomic E-state index is 0.0821. The molecule has 2 fully saturated rings. The molecule has 27 heavy (non-hydrogen) atoms. The van der Waals surface area contributed by atoms with E-state index in [0.717, 1.165) is 54.8 Å². The smallest absolute Gasteiger partial charge is 0.309 e. The van der Waals surface area contributed by atoms with Crippen LogP contribution in [0.2, 0.25) is 0 Å². The fourth-order valence-electron chi connectivity index (χ4n) is 4.04. The van der Waals surface area contributed by atoms with Crippen molar-refractivity contribution in [3.8, 4) is 0 Å². The number of carbonyl (C=O) groups excluding carboxylic acids is 2. The summed E-state index contributed by atoms with van der Waals surface area (Å²) in [5.41, 5.74) is 1.24. The van der Waals surface area contributed by atoms with Gasteiger partial charge in [-0.3, -0.25) is 9.59 Å². The predicted molar refractivity (Wildman–Crippen MR) is 105 cm³/mol. The van der Waals surface area contributed by atoms with Gasteiger partial charge in [-0.1, -0.05) is 0 Å². The van der Waals surface area contributed by atoms with Crippen molar-refractivity contribution in [3.63, 3.8) is 0 Å². The van der Waals surface area contributed by atoms with Gasteiger partial charge in [-0.2, -0.15) is 0 Å². The number of esters is 1. The molecule has 7 heteroatoms. The van der Waals surface area contributed by atoms with E-state index in [-0.39, 0.29) is 17.7 Å². The third-order valence-corrected chi connectivity index (χ3v) is 6.95. The van der Waals surface area contributed by atoms with E-state index in [1.54, 1.807) is 17.7 Å². The highest BCUT2D eigenvalue weighted by molar-refractivity contribution is 7.18. The summed E-state index contributed by atoms with van der Waals surface area (Å²) in [5.74, 6) is 0.721. The topological polar surface area (TPSA) is 72.4 Å². The number of fused-ring (bicyclic) bond motifs is 1. The Kier molecular flexibility index (Phi) is 5.12. The van der Waals surface area contributed by atoms with E-state index in [0.29, 0.717) is 12.8 Å². The normalized spacial score (nSPS) is 21.6. The Morgan fingerprint density at radius 1 is 1.19 bits per heavy atom. The van der Waals surface area contributed by atoms with Crippen molar-refractivity contribution in [1.29, 1.82) is 0 Å². The first-order chi connectivity index (χ1) is 13.0. The molecule has 3 heterocycles. The van der Waals surface area contributed by atoms with Gasteiger partial charge >= 0.3 is 5.97 Å². The van der Waals surface area contributed by atoms with Crippen LogP contribution in [0, 0.1) is 19.8 Å². The van der Waals surface area contributed by atoms with Crippen LogP contribution < -0.4 is 4.90 Å². The molecule has 2 aromatic heterocycles. The van der Waals surface area contributed by atoms with Gasteiger partial charge in [-0.05, 0) is 51.5 Å². The summed E-state index contributed by atoms with van der Waals surface area (Å²) in [6, 6.07) is 0. The molecule has 0 amide bonds. The van der Waals surface area contributed by atoms with Crippen LogP contribution in [0.25, 0.3) is 10.2 Å². The molecule has 1 aliphatic heterocycles. The monoisotopic (exact) mass is 387 g/mol. The first-order valence-corrected chi connectivity index (χ1v) is 10.5. The van der Waals surface area contributed by atoms with Crippen LogP contribution in [0.1, 0.15) is 49.0 Å². The van der Waals surface area contributed by atoms with Gasteiger partial charge in [0.05, 0.1) is 11.3 Å². The van der Waals surface area contributed by atoms with Crippen molar-refractivity contribution in [3.05, 3.63) is 16.8 Å². The van der Waals surface area contributed by atoms with Gasteiger partial charge in [0.1, 0.15) is 17.0 Å². The average Bonchev–Trinajstić information content (AvgIpc) is 2.98. The number of hydrogen-bond donors (Lipinski definition) is 0. The molecular weight excluding hydrogens is 362 g/mol. The number of ketones is 1. The Hall–Kier alpha value is -2.02. The number of aryl methyl sites for hydroxylation is 2. The minimum atomic E-state index is -0.512. The maximum atomic E-state index is 12.5. The van der Waals surface area contributed by atoms with Crippen LogP contribution in [0.3, 0.4) is 0 Å². The molecule has 0 bridgehead atoms. The average molecular weight is 388 g/mol. The molecule has 1 atom stereocenters. The molecule has 2 aromatic rings. The molecule has 0 aromatic carbocycles. The van der Waals surface area contributed by atoms with Crippen molar-refractivity contribution in [2.24, 2.45) is 5.92 Å². The minimum Gasteiger partial charge on any atom is -0.454 e. The number of carbonyl (C=O) groups is 2. The van der Waals surface area contributed by atoms with E-state index >= 15 is 0 Å². The molecule has 1 saturated heterocycles. The van der Waals surface area contributed by atoms with Crippen molar-refractivity contribution in [1.82, 2.24) is 9.97 Å². The zero-order valence-corrected chi connectivity index (χ0v) is 16.7. The van der Waals surface area contributed by atoms with E-state index in [4.69, 9.17) is 4.74 Å². The highest BCUT2D eigenvalue weighted by atomic mass is 32.1. The lowest BCUT2D eigenvalue weighted by atomic mass is 9.94. The Labute approximate surface area is 162 Å². The zero-order valence-electron chi connectivity index (χ0n) is 15.9. The molecule has 4 rings (SSSR count). The Morgan fingerprint density at radius 2 is 1.96 bits per heavy atom. The summed E-state index contributed by atoms with van der Waals surface area (Å²) in [6.07, 6.45) is 5.68. The van der Waals surface area contributed by atoms with Gasteiger partial charge in [0.25, 0.3) is 0 Å². The van der Waals surface area contributed by atoms with Crippen LogP contribution in [0.4, 0.5) is 5.82 Å². The quantitative estimate of drug-likeness (QED) is 0.750. The Morgan fingerprint density at radius 3 is 2.70 bits per heavy atom. The molecule has 2 aliphatic rings. The van der Waals surface area contributed by atoms with Crippen molar-refractivity contribution in [2.75, 3.05) is 18.0 Å². The van der Waals surface area contributed by atoms with Crippen LogP contribution in [0.5, 0.6) is 0 Å². The van der Waals surface area contributed by atoms with E-state index in [1.807, 2.05) is 0 Å². The third-order valence-electron chi connectivity index (χ3n) is 5.83. The van der Waals surface area contributed by atoms with E-state index in [9.17, 15) is 9.59 Å². The van der Waals surface area contributed by atoms with Crippen LogP contribution in [-0.4, -0.2) is 40.9 Å². The fraction of sp³-hybridized carbons (Fsp3) is 0.600. The summed E-state index contributed by atoms with van der Waals surface area (Å²) < 4.78 is 5.55. The number of anilines is 1. The Balaban J connectivity index is 1.42. The highest BCUT2D eigenvalue weighted by Gasteiger charge is 2.32. The summed E-state index contributed by atoms with van der Waals surface area (Å²) in [4.78, 5) is 37.9. The van der Waals surface area contributed by atoms with Gasteiger partial charge < -0.3 is 9.64 Å². The molecular formula is C20H25N3O3S. The lowest BCUT2D eigenvalue weighted by Gasteiger charge is -2.33. The lowest BCUT2D eigenvalue weighted by molar-refractivity contribution is -0.161. The summed E-state index contributed by atoms with van der Waals surface area (Å²) in [5, 5.41) is 1.13. The molecule has 144 valence electrons. The maximum absolute atomic E-state index is 12.5. The number of nitrogens with zero attached hydrogens (tertiary/aromatic N) is 3. The second-order valence-electron chi connectivity index (χ2n) is 7.56. The van der Waals surface area contributed by atoms with Gasteiger partial charge in [0.15, 0.2) is 11.9 Å². The summed E-state index contributed by atoms with van der Waals surface area (Å²) in [7, 11) is 0. The standard InChI is InChI=1S/C20H25N3O3S/c1-12-13(2)27-19-17(12)18(21-11-22-19)23-9-7-14(8-10-23)20(25)26-16-6-4-3-5-15(16)24/h11,14,16H,3-10H2,1-2H3/t16-/m0/s1. The predicted octanol–water partition coefficient (Wildman–Crippen LogP) is 3.58. The number of hydrogen-bond acceptors (Lipinski definition) is 7. The molecule has 0 N–H and O–H groups in total. The molecule has 6 nitrogen and oxygen atoms in total. The van der Waals surface area contributed by atoms with Gasteiger partial charge in [-0.25, -0.2) is 9.97 Å².